The van der Waals surface area contributed by atoms with Gasteiger partial charge in [0, 0.05) is 34.5 Å². The smallest absolute Gasteiger partial charge is 0.147 e. The minimum absolute atomic E-state index is 0.0877. The van der Waals surface area contributed by atoms with E-state index in [1.165, 1.54) is 28.8 Å². The molecule has 2 aromatic rings. The molecule has 0 aliphatic carbocycles. The first-order valence-corrected chi connectivity index (χ1v) is 12.7. The van der Waals surface area contributed by atoms with Crippen molar-refractivity contribution in [2.45, 2.75) is 64.7 Å². The highest BCUT2D eigenvalue weighted by molar-refractivity contribution is 7.90. The van der Waals surface area contributed by atoms with Crippen LogP contribution in [0.5, 0.6) is 0 Å². The van der Waals surface area contributed by atoms with Crippen molar-refractivity contribution in [3.8, 4) is 11.8 Å². The molecule has 0 saturated heterocycles. The fourth-order valence-corrected chi connectivity index (χ4v) is 5.04. The summed E-state index contributed by atoms with van der Waals surface area (Å²) in [5, 5.41) is 9.16. The Balaban J connectivity index is 2.38. The Morgan fingerprint density at radius 3 is 2.28 bits per heavy atom. The summed E-state index contributed by atoms with van der Waals surface area (Å²) in [4.78, 5) is 0. The molecule has 29 heavy (non-hydrogen) atoms. The Hall–Kier alpha value is -1.77. The molecule has 6 heteroatoms. The molecule has 0 amide bonds. The minimum Gasteiger partial charge on any atom is -0.318 e. The van der Waals surface area contributed by atoms with Gasteiger partial charge in [0.05, 0.1) is 11.6 Å². The molecule has 0 aliphatic heterocycles. The highest BCUT2D eigenvalue weighted by atomic mass is 35.5. The van der Waals surface area contributed by atoms with Crippen molar-refractivity contribution < 1.29 is 8.42 Å². The second kappa shape index (κ2) is 10.3. The first-order valence-electron chi connectivity index (χ1n) is 10.2. The van der Waals surface area contributed by atoms with Gasteiger partial charge in [-0.15, -0.1) is 11.6 Å². The van der Waals surface area contributed by atoms with Crippen molar-refractivity contribution in [3.05, 3.63) is 52.3 Å². The Morgan fingerprint density at radius 2 is 1.72 bits per heavy atom. The summed E-state index contributed by atoms with van der Waals surface area (Å²) in [6.45, 7) is 6.38. The molecular formula is C23H31ClN2O2S. The Kier molecular flexibility index (Phi) is 8.36. The molecule has 0 aliphatic rings. The molecule has 1 unspecified atom stereocenters. The molecule has 158 valence electrons. The molecule has 2 rings (SSSR count). The summed E-state index contributed by atoms with van der Waals surface area (Å²) in [7, 11) is -2.93. The zero-order valence-corrected chi connectivity index (χ0v) is 19.4. The molecule has 0 fully saturated rings. The molecule has 0 saturated carbocycles. The number of hydrogen-bond donors (Lipinski definition) is 0. The van der Waals surface area contributed by atoms with E-state index < -0.39 is 9.84 Å². The predicted molar refractivity (Wildman–Crippen MR) is 121 cm³/mol. The van der Waals surface area contributed by atoms with Crippen molar-refractivity contribution in [2.75, 3.05) is 12.0 Å². The molecule has 0 radical (unpaired) electrons. The number of halogens is 1. The van der Waals surface area contributed by atoms with Gasteiger partial charge >= 0.3 is 0 Å². The first-order chi connectivity index (χ1) is 13.7. The largest absolute Gasteiger partial charge is 0.318 e. The first kappa shape index (κ1) is 23.5. The molecule has 1 aromatic heterocycles. The van der Waals surface area contributed by atoms with Crippen molar-refractivity contribution >= 4 is 21.4 Å². The number of nitriles is 1. The second-order valence-electron chi connectivity index (χ2n) is 7.80. The number of rotatable bonds is 10. The number of unbranched alkanes of at least 4 members (excludes halogenated alkanes) is 1. The Bertz CT molecular complexity index is 970. The normalized spacial score (nSPS) is 12.7. The predicted octanol–water partition coefficient (Wildman–Crippen LogP) is 5.28. The van der Waals surface area contributed by atoms with Gasteiger partial charge in [-0.3, -0.25) is 0 Å². The van der Waals surface area contributed by atoms with Crippen LogP contribution >= 0.6 is 11.6 Å². The number of aromatic nitrogens is 1. The van der Waals surface area contributed by atoms with Crippen LogP contribution in [0.25, 0.3) is 5.69 Å². The van der Waals surface area contributed by atoms with Crippen LogP contribution in [0.15, 0.2) is 24.3 Å². The van der Waals surface area contributed by atoms with Crippen molar-refractivity contribution in [2.24, 2.45) is 0 Å². The number of nitrogens with zero attached hydrogens (tertiary/aromatic N) is 2. The van der Waals surface area contributed by atoms with E-state index in [0.29, 0.717) is 12.0 Å². The highest BCUT2D eigenvalue weighted by Crippen LogP contribution is 2.30. The number of sulfone groups is 1. The van der Waals surface area contributed by atoms with Crippen LogP contribution in [-0.2, 0) is 22.7 Å². The Labute approximate surface area is 180 Å². The third-order valence-electron chi connectivity index (χ3n) is 5.38. The average Bonchev–Trinajstić information content (AvgIpc) is 2.88. The van der Waals surface area contributed by atoms with Crippen LogP contribution in [-0.4, -0.2) is 30.4 Å². The lowest BCUT2D eigenvalue weighted by Gasteiger charge is -2.12. The summed E-state index contributed by atoms with van der Waals surface area (Å²) in [6.07, 6.45) is 6.46. The van der Waals surface area contributed by atoms with Gasteiger partial charge in [-0.1, -0.05) is 13.3 Å². The van der Waals surface area contributed by atoms with Gasteiger partial charge in [-0.05, 0) is 81.3 Å². The van der Waals surface area contributed by atoms with E-state index in [2.05, 4.69) is 31.4 Å². The zero-order chi connectivity index (χ0) is 21.6. The van der Waals surface area contributed by atoms with Crippen LogP contribution in [0.3, 0.4) is 0 Å². The van der Waals surface area contributed by atoms with Crippen LogP contribution < -0.4 is 0 Å². The van der Waals surface area contributed by atoms with Crippen LogP contribution in [0.1, 0.15) is 60.7 Å². The number of benzene rings is 1. The van der Waals surface area contributed by atoms with Gasteiger partial charge in [0.25, 0.3) is 0 Å². The topological polar surface area (TPSA) is 62.9 Å². The average molecular weight is 435 g/mol. The molecule has 1 aromatic carbocycles. The molecule has 1 atom stereocenters. The van der Waals surface area contributed by atoms with Gasteiger partial charge < -0.3 is 4.57 Å². The highest BCUT2D eigenvalue weighted by Gasteiger charge is 2.20. The van der Waals surface area contributed by atoms with E-state index in [4.69, 9.17) is 16.9 Å². The van der Waals surface area contributed by atoms with Crippen molar-refractivity contribution in [1.29, 1.82) is 5.26 Å². The minimum atomic E-state index is -2.93. The third-order valence-corrected chi connectivity index (χ3v) is 6.79. The van der Waals surface area contributed by atoms with E-state index in [1.54, 1.807) is 0 Å². The van der Waals surface area contributed by atoms with Crippen molar-refractivity contribution in [3.63, 3.8) is 0 Å². The van der Waals surface area contributed by atoms with Crippen LogP contribution in [0.2, 0.25) is 0 Å². The maximum absolute atomic E-state index is 11.4. The number of alkyl halides is 1. The maximum atomic E-state index is 11.4. The molecule has 1 heterocycles. The quantitative estimate of drug-likeness (QED) is 0.377. The van der Waals surface area contributed by atoms with Crippen LogP contribution in [0, 0.1) is 25.2 Å². The fraction of sp³-hybridized carbons (Fsp3) is 0.522. The number of hydrogen-bond acceptors (Lipinski definition) is 3. The Morgan fingerprint density at radius 1 is 1.10 bits per heavy atom. The summed E-state index contributed by atoms with van der Waals surface area (Å²) in [6, 6.07) is 9.78. The van der Waals surface area contributed by atoms with E-state index in [1.807, 2.05) is 24.3 Å². The second-order valence-corrected chi connectivity index (χ2v) is 10.7. The lowest BCUT2D eigenvalue weighted by atomic mass is 9.98. The summed E-state index contributed by atoms with van der Waals surface area (Å²) < 4.78 is 25.1. The fourth-order valence-electron chi connectivity index (χ4n) is 3.94. The summed E-state index contributed by atoms with van der Waals surface area (Å²) in [5.74, 6) is 0.227. The van der Waals surface area contributed by atoms with Gasteiger partial charge in [0.15, 0.2) is 0 Å². The van der Waals surface area contributed by atoms with E-state index in [0.717, 1.165) is 37.8 Å². The van der Waals surface area contributed by atoms with Gasteiger partial charge in [0.2, 0.25) is 0 Å². The maximum Gasteiger partial charge on any atom is 0.147 e. The standard InChI is InChI=1S/C23H31ClN2O2S/c1-5-8-20(24)15-23-18(3)26(21-12-10-19(16-25)11-13-21)17(2)22(23)9-6-7-14-29(4,27)28/h10-13,20H,5-9,14-15H2,1-4H3. The molecule has 0 spiro atoms. The molecular weight excluding hydrogens is 404 g/mol. The van der Waals surface area contributed by atoms with E-state index in [9.17, 15) is 8.42 Å². The van der Waals surface area contributed by atoms with E-state index >= 15 is 0 Å². The van der Waals surface area contributed by atoms with Crippen molar-refractivity contribution in [1.82, 2.24) is 4.57 Å². The van der Waals surface area contributed by atoms with Crippen LogP contribution in [0.4, 0.5) is 0 Å². The molecule has 4 nitrogen and oxygen atoms in total. The van der Waals surface area contributed by atoms with Gasteiger partial charge in [0.1, 0.15) is 9.84 Å². The lowest BCUT2D eigenvalue weighted by Crippen LogP contribution is -2.07. The third kappa shape index (κ3) is 6.35. The molecule has 0 bridgehead atoms. The molecule has 0 N–H and O–H groups in total. The van der Waals surface area contributed by atoms with Gasteiger partial charge in [-0.25, -0.2) is 8.42 Å². The van der Waals surface area contributed by atoms with Gasteiger partial charge in [-0.2, -0.15) is 5.26 Å². The lowest BCUT2D eigenvalue weighted by molar-refractivity contribution is 0.597. The van der Waals surface area contributed by atoms with E-state index in [-0.39, 0.29) is 11.1 Å². The monoisotopic (exact) mass is 434 g/mol. The summed E-state index contributed by atoms with van der Waals surface area (Å²) >= 11 is 6.60. The zero-order valence-electron chi connectivity index (χ0n) is 17.8. The SMILES string of the molecule is CCCC(Cl)Cc1c(CCCCS(C)(=O)=O)c(C)n(-c2ccc(C#N)cc2)c1C. The summed E-state index contributed by atoms with van der Waals surface area (Å²) in [5.41, 5.74) is 6.57.